The van der Waals surface area contributed by atoms with E-state index in [0.29, 0.717) is 12.1 Å². The lowest BCUT2D eigenvalue weighted by Crippen LogP contribution is -2.33. The number of carboxylic acid groups (broad SMARTS) is 1. The first-order valence-corrected chi connectivity index (χ1v) is 6.36. The minimum Gasteiger partial charge on any atom is -0.478 e. The normalized spacial score (nSPS) is 22.2. The fourth-order valence-corrected chi connectivity index (χ4v) is 2.58. The second kappa shape index (κ2) is 5.40. The van der Waals surface area contributed by atoms with Gasteiger partial charge in [-0.25, -0.2) is 4.79 Å². The number of hydrogen-bond donors (Lipinski definition) is 2. The summed E-state index contributed by atoms with van der Waals surface area (Å²) < 4.78 is 0. The van der Waals surface area contributed by atoms with Gasteiger partial charge in [0.15, 0.2) is 0 Å². The van der Waals surface area contributed by atoms with Crippen LogP contribution >= 0.6 is 0 Å². The Balaban J connectivity index is 2.22. The average Bonchev–Trinajstić information content (AvgIpc) is 2.83. The zero-order valence-electron chi connectivity index (χ0n) is 10.9. The van der Waals surface area contributed by atoms with Gasteiger partial charge in [0.25, 0.3) is 0 Å². The third kappa shape index (κ3) is 2.76. The third-order valence-corrected chi connectivity index (χ3v) is 3.65. The van der Waals surface area contributed by atoms with Crippen LogP contribution in [-0.4, -0.2) is 30.1 Å². The summed E-state index contributed by atoms with van der Waals surface area (Å²) in [5, 5.41) is 9.15. The molecule has 1 aromatic carbocycles. The van der Waals surface area contributed by atoms with Gasteiger partial charge in [0.2, 0.25) is 5.91 Å². The van der Waals surface area contributed by atoms with Crippen LogP contribution in [0.5, 0.6) is 0 Å². The molecular formula is C14H18N2O3. The number of carbonyl (C=O) groups excluding carboxylic acids is 1. The van der Waals surface area contributed by atoms with Crippen LogP contribution in [0.4, 0.5) is 5.69 Å². The molecule has 0 radical (unpaired) electrons. The van der Waals surface area contributed by atoms with Crippen LogP contribution in [0.1, 0.15) is 29.6 Å². The first-order valence-electron chi connectivity index (χ1n) is 6.36. The summed E-state index contributed by atoms with van der Waals surface area (Å²) in [5.74, 6) is -1.18. The van der Waals surface area contributed by atoms with Crippen LogP contribution in [0, 0.1) is 5.92 Å². The maximum atomic E-state index is 12.3. The lowest BCUT2D eigenvalue weighted by molar-refractivity contribution is -0.121. The van der Waals surface area contributed by atoms with Crippen molar-refractivity contribution in [2.45, 2.75) is 25.3 Å². The van der Waals surface area contributed by atoms with Crippen LogP contribution in [0.15, 0.2) is 24.3 Å². The van der Waals surface area contributed by atoms with Crippen LogP contribution in [0.3, 0.4) is 0 Å². The highest BCUT2D eigenvalue weighted by Crippen LogP contribution is 2.28. The Morgan fingerprint density at radius 1 is 1.32 bits per heavy atom. The molecule has 1 fully saturated rings. The van der Waals surface area contributed by atoms with Gasteiger partial charge in [0.05, 0.1) is 11.3 Å². The second-order valence-electron chi connectivity index (χ2n) is 4.99. The van der Waals surface area contributed by atoms with E-state index in [2.05, 4.69) is 0 Å². The van der Waals surface area contributed by atoms with Crippen LogP contribution in [0.25, 0.3) is 0 Å². The number of carbonyl (C=O) groups is 2. The molecule has 0 spiro atoms. The quantitative estimate of drug-likeness (QED) is 0.864. The molecule has 1 aromatic rings. The highest BCUT2D eigenvalue weighted by atomic mass is 16.4. The molecule has 2 rings (SSSR count). The number of aromatic carboxylic acids is 1. The number of benzene rings is 1. The summed E-state index contributed by atoms with van der Waals surface area (Å²) in [4.78, 5) is 24.9. The summed E-state index contributed by atoms with van der Waals surface area (Å²) in [6, 6.07) is 6.61. The Morgan fingerprint density at radius 3 is 2.58 bits per heavy atom. The van der Waals surface area contributed by atoms with Crippen LogP contribution in [-0.2, 0) is 4.79 Å². The van der Waals surface area contributed by atoms with Gasteiger partial charge in [-0.1, -0.05) is 12.1 Å². The standard InChI is InChI=1S/C14H18N2O3/c1-16(13(17)9-6-7-10(15)8-9)12-5-3-2-4-11(12)14(18)19/h2-5,9-10H,6-8,15H2,1H3,(H,18,19). The zero-order chi connectivity index (χ0) is 14.0. The van der Waals surface area contributed by atoms with Gasteiger partial charge >= 0.3 is 5.97 Å². The highest BCUT2D eigenvalue weighted by Gasteiger charge is 2.31. The number of amides is 1. The Morgan fingerprint density at radius 2 is 2.00 bits per heavy atom. The van der Waals surface area contributed by atoms with Crippen molar-refractivity contribution in [3.63, 3.8) is 0 Å². The first-order chi connectivity index (χ1) is 9.00. The second-order valence-corrected chi connectivity index (χ2v) is 4.99. The number of anilines is 1. The molecule has 0 aromatic heterocycles. The van der Waals surface area contributed by atoms with Crippen molar-refractivity contribution in [3.05, 3.63) is 29.8 Å². The number of hydrogen-bond acceptors (Lipinski definition) is 3. The fraction of sp³-hybridized carbons (Fsp3) is 0.429. The number of rotatable bonds is 3. The Bertz CT molecular complexity index is 501. The smallest absolute Gasteiger partial charge is 0.337 e. The summed E-state index contributed by atoms with van der Waals surface area (Å²) in [7, 11) is 1.62. The highest BCUT2D eigenvalue weighted by molar-refractivity contribution is 6.02. The maximum Gasteiger partial charge on any atom is 0.337 e. The van der Waals surface area contributed by atoms with Crippen molar-refractivity contribution in [1.82, 2.24) is 0 Å². The fourth-order valence-electron chi connectivity index (χ4n) is 2.58. The van der Waals surface area contributed by atoms with Crippen molar-refractivity contribution in [3.8, 4) is 0 Å². The topological polar surface area (TPSA) is 83.6 Å². The van der Waals surface area contributed by atoms with E-state index in [4.69, 9.17) is 10.8 Å². The Kier molecular flexibility index (Phi) is 3.85. The number of nitrogens with zero attached hydrogens (tertiary/aromatic N) is 1. The van der Waals surface area contributed by atoms with E-state index in [-0.39, 0.29) is 23.4 Å². The molecule has 1 aliphatic carbocycles. The lowest BCUT2D eigenvalue weighted by Gasteiger charge is -2.22. The maximum absolute atomic E-state index is 12.3. The molecule has 3 N–H and O–H groups in total. The van der Waals surface area contributed by atoms with Gasteiger partial charge in [-0.3, -0.25) is 4.79 Å². The number of para-hydroxylation sites is 1. The Hall–Kier alpha value is -1.88. The molecule has 5 heteroatoms. The van der Waals surface area contributed by atoms with E-state index >= 15 is 0 Å². The van der Waals surface area contributed by atoms with Crippen LogP contribution < -0.4 is 10.6 Å². The minimum absolute atomic E-state index is 0.0540. The molecule has 1 saturated carbocycles. The largest absolute Gasteiger partial charge is 0.478 e. The van der Waals surface area contributed by atoms with Gasteiger partial charge < -0.3 is 15.7 Å². The predicted molar refractivity (Wildman–Crippen MR) is 72.1 cm³/mol. The van der Waals surface area contributed by atoms with Gasteiger partial charge in [-0.05, 0) is 31.4 Å². The van der Waals surface area contributed by atoms with E-state index in [1.54, 1.807) is 25.2 Å². The monoisotopic (exact) mass is 262 g/mol. The molecule has 0 aliphatic heterocycles. The van der Waals surface area contributed by atoms with E-state index < -0.39 is 5.97 Å². The summed E-state index contributed by atoms with van der Waals surface area (Å²) in [6.45, 7) is 0. The molecule has 0 saturated heterocycles. The lowest BCUT2D eigenvalue weighted by atomic mass is 10.1. The van der Waals surface area contributed by atoms with Gasteiger partial charge in [-0.2, -0.15) is 0 Å². The number of carboxylic acids is 1. The van der Waals surface area contributed by atoms with Gasteiger partial charge in [-0.15, -0.1) is 0 Å². The third-order valence-electron chi connectivity index (χ3n) is 3.65. The molecule has 1 amide bonds. The van der Waals surface area contributed by atoms with Crippen molar-refractivity contribution < 1.29 is 14.7 Å². The van der Waals surface area contributed by atoms with E-state index in [0.717, 1.165) is 12.8 Å². The molecule has 1 aliphatic rings. The summed E-state index contributed by atoms with van der Waals surface area (Å²) in [6.07, 6.45) is 2.31. The van der Waals surface area contributed by atoms with E-state index in [9.17, 15) is 9.59 Å². The molecule has 0 heterocycles. The average molecular weight is 262 g/mol. The molecule has 102 valence electrons. The molecule has 19 heavy (non-hydrogen) atoms. The van der Waals surface area contributed by atoms with Crippen molar-refractivity contribution in [1.29, 1.82) is 0 Å². The molecule has 2 atom stereocenters. The van der Waals surface area contributed by atoms with E-state index in [1.165, 1.54) is 11.0 Å². The van der Waals surface area contributed by atoms with Crippen molar-refractivity contribution in [2.75, 3.05) is 11.9 Å². The first kappa shape index (κ1) is 13.5. The minimum atomic E-state index is -1.03. The predicted octanol–water partition coefficient (Wildman–Crippen LogP) is 1.47. The van der Waals surface area contributed by atoms with Crippen molar-refractivity contribution >= 4 is 17.6 Å². The zero-order valence-corrected chi connectivity index (χ0v) is 10.9. The molecule has 5 nitrogen and oxygen atoms in total. The van der Waals surface area contributed by atoms with Crippen molar-refractivity contribution in [2.24, 2.45) is 11.7 Å². The Labute approximate surface area is 112 Å². The van der Waals surface area contributed by atoms with Gasteiger partial charge in [0.1, 0.15) is 0 Å². The molecule has 2 unspecified atom stereocenters. The SMILES string of the molecule is CN(C(=O)C1CCC(N)C1)c1ccccc1C(=O)O. The molecule has 0 bridgehead atoms. The van der Waals surface area contributed by atoms with Crippen LogP contribution in [0.2, 0.25) is 0 Å². The van der Waals surface area contributed by atoms with Gasteiger partial charge in [0, 0.05) is 19.0 Å². The number of nitrogens with two attached hydrogens (primary N) is 1. The molecular weight excluding hydrogens is 244 g/mol. The summed E-state index contributed by atoms with van der Waals surface area (Å²) >= 11 is 0. The van der Waals surface area contributed by atoms with E-state index in [1.807, 2.05) is 0 Å². The summed E-state index contributed by atoms with van der Waals surface area (Å²) in [5.41, 5.74) is 6.39.